The maximum Gasteiger partial charge on any atom is 0.293 e. The van der Waals surface area contributed by atoms with Crippen LogP contribution in [0.25, 0.3) is 27.5 Å². The average molecular weight is 451 g/mol. The van der Waals surface area contributed by atoms with Gasteiger partial charge in [-0.2, -0.15) is 10.2 Å². The first-order valence-corrected chi connectivity index (χ1v) is 11.1. The third kappa shape index (κ3) is 3.31. The van der Waals surface area contributed by atoms with Gasteiger partial charge in [0.15, 0.2) is 0 Å². The topological polar surface area (TPSA) is 81.7 Å². The predicted octanol–water partition coefficient (Wildman–Crippen LogP) is 3.45. The molecular formula is C26H21N5O3. The molecule has 34 heavy (non-hydrogen) atoms. The second-order valence-electron chi connectivity index (χ2n) is 8.34. The molecule has 0 radical (unpaired) electrons. The van der Waals surface area contributed by atoms with Gasteiger partial charge in [0.25, 0.3) is 5.56 Å². The van der Waals surface area contributed by atoms with E-state index in [4.69, 9.17) is 4.74 Å². The summed E-state index contributed by atoms with van der Waals surface area (Å²) < 4.78 is 8.33. The number of ether oxygens (including phenoxy) is 1. The molecular weight excluding hydrogens is 430 g/mol. The van der Waals surface area contributed by atoms with Gasteiger partial charge in [-0.1, -0.05) is 48.5 Å². The lowest BCUT2D eigenvalue weighted by Gasteiger charge is -2.29. The second kappa shape index (κ2) is 7.84. The van der Waals surface area contributed by atoms with E-state index in [0.29, 0.717) is 35.8 Å². The Morgan fingerprint density at radius 3 is 2.82 bits per heavy atom. The standard InChI is InChI=1S/C26H21N5O3/c1-17-9-10-24-22(13-17)29(11-12-34-24)25(32)15-30-26(33)23-14-21(28-31(23)16-27-30)20-8-4-6-18-5-2-3-7-19(18)20/h2-10,13-14,16H,11-12,15H2,1H3. The minimum Gasteiger partial charge on any atom is -0.490 e. The van der Waals surface area contributed by atoms with Crippen LogP contribution in [-0.2, 0) is 11.3 Å². The van der Waals surface area contributed by atoms with Gasteiger partial charge in [-0.25, -0.2) is 9.20 Å². The van der Waals surface area contributed by atoms with Gasteiger partial charge in [0, 0.05) is 5.56 Å². The first-order chi connectivity index (χ1) is 16.6. The van der Waals surface area contributed by atoms with Crippen molar-refractivity contribution in [1.29, 1.82) is 0 Å². The number of rotatable bonds is 3. The maximum atomic E-state index is 13.2. The minimum atomic E-state index is -0.368. The molecule has 0 bridgehead atoms. The van der Waals surface area contributed by atoms with Crippen molar-refractivity contribution >= 4 is 27.9 Å². The number of benzene rings is 3. The number of carbonyl (C=O) groups is 1. The van der Waals surface area contributed by atoms with Crippen LogP contribution >= 0.6 is 0 Å². The van der Waals surface area contributed by atoms with E-state index in [1.807, 2.05) is 67.6 Å². The lowest BCUT2D eigenvalue weighted by atomic mass is 10.0. The largest absolute Gasteiger partial charge is 0.490 e. The van der Waals surface area contributed by atoms with Crippen LogP contribution in [0, 0.1) is 6.92 Å². The van der Waals surface area contributed by atoms with Crippen LogP contribution in [0.2, 0.25) is 0 Å². The predicted molar refractivity (Wildman–Crippen MR) is 129 cm³/mol. The normalized spacial score (nSPS) is 13.1. The number of aryl methyl sites for hydroxylation is 1. The number of hydrogen-bond donors (Lipinski definition) is 0. The first-order valence-electron chi connectivity index (χ1n) is 11.1. The van der Waals surface area contributed by atoms with Crippen molar-refractivity contribution < 1.29 is 9.53 Å². The Labute approximate surface area is 194 Å². The summed E-state index contributed by atoms with van der Waals surface area (Å²) in [5, 5.41) is 10.9. The van der Waals surface area contributed by atoms with Crippen molar-refractivity contribution in [3.05, 3.63) is 89.0 Å². The zero-order valence-electron chi connectivity index (χ0n) is 18.5. The third-order valence-corrected chi connectivity index (χ3v) is 6.12. The molecule has 6 rings (SSSR count). The van der Waals surface area contributed by atoms with Crippen LogP contribution in [0.15, 0.2) is 77.9 Å². The van der Waals surface area contributed by atoms with Gasteiger partial charge in [0.2, 0.25) is 5.91 Å². The molecule has 0 fully saturated rings. The van der Waals surface area contributed by atoms with E-state index in [-0.39, 0.29) is 18.0 Å². The van der Waals surface area contributed by atoms with E-state index in [1.165, 1.54) is 15.5 Å². The summed E-state index contributed by atoms with van der Waals surface area (Å²) in [7, 11) is 0. The van der Waals surface area contributed by atoms with Crippen molar-refractivity contribution in [3.63, 3.8) is 0 Å². The summed E-state index contributed by atoms with van der Waals surface area (Å²) in [5.41, 5.74) is 3.35. The van der Waals surface area contributed by atoms with Crippen molar-refractivity contribution in [1.82, 2.24) is 19.4 Å². The van der Waals surface area contributed by atoms with E-state index >= 15 is 0 Å². The molecule has 1 aliphatic heterocycles. The van der Waals surface area contributed by atoms with Gasteiger partial charge in [0.05, 0.1) is 17.9 Å². The summed E-state index contributed by atoms with van der Waals surface area (Å²) in [6.45, 7) is 2.62. The fraction of sp³-hybridized carbons (Fsp3) is 0.154. The molecule has 0 atom stereocenters. The first kappa shape index (κ1) is 20.2. The fourth-order valence-corrected chi connectivity index (χ4v) is 4.43. The van der Waals surface area contributed by atoms with E-state index in [2.05, 4.69) is 10.2 Å². The van der Waals surface area contributed by atoms with Crippen molar-refractivity contribution in [3.8, 4) is 17.0 Å². The number of aromatic nitrogens is 4. The fourth-order valence-electron chi connectivity index (χ4n) is 4.43. The molecule has 168 valence electrons. The summed E-state index contributed by atoms with van der Waals surface area (Å²) in [6, 6.07) is 21.5. The molecule has 0 aliphatic carbocycles. The maximum absolute atomic E-state index is 13.2. The molecule has 0 unspecified atom stereocenters. The van der Waals surface area contributed by atoms with Gasteiger partial charge < -0.3 is 9.64 Å². The summed E-state index contributed by atoms with van der Waals surface area (Å²) >= 11 is 0. The molecule has 0 N–H and O–H groups in total. The molecule has 3 aromatic carbocycles. The Bertz CT molecular complexity index is 1630. The zero-order chi connectivity index (χ0) is 23.2. The van der Waals surface area contributed by atoms with Crippen LogP contribution in [0.4, 0.5) is 5.69 Å². The SMILES string of the molecule is Cc1ccc2c(c1)N(C(=O)Cn1ncn3nc(-c4cccc5ccccc45)cc3c1=O)CCO2. The van der Waals surface area contributed by atoms with Gasteiger partial charge in [-0.15, -0.1) is 0 Å². The average Bonchev–Trinajstić information content (AvgIpc) is 3.30. The molecule has 0 saturated heterocycles. The molecule has 3 heterocycles. The number of amides is 1. The van der Waals surface area contributed by atoms with Gasteiger partial charge in [-0.05, 0) is 41.5 Å². The van der Waals surface area contributed by atoms with E-state index in [9.17, 15) is 9.59 Å². The lowest BCUT2D eigenvalue weighted by molar-refractivity contribution is -0.119. The summed E-state index contributed by atoms with van der Waals surface area (Å²) in [4.78, 5) is 28.0. The van der Waals surface area contributed by atoms with Crippen molar-refractivity contribution in [2.24, 2.45) is 0 Å². The highest BCUT2D eigenvalue weighted by molar-refractivity contribution is 5.96. The smallest absolute Gasteiger partial charge is 0.293 e. The van der Waals surface area contributed by atoms with Crippen molar-refractivity contribution in [2.75, 3.05) is 18.1 Å². The molecule has 5 aromatic rings. The minimum absolute atomic E-state index is 0.169. The third-order valence-electron chi connectivity index (χ3n) is 6.12. The van der Waals surface area contributed by atoms with Crippen LogP contribution in [0.3, 0.4) is 0 Å². The number of fused-ring (bicyclic) bond motifs is 3. The number of hydrogen-bond acceptors (Lipinski definition) is 5. The van der Waals surface area contributed by atoms with E-state index < -0.39 is 0 Å². The Kier molecular flexibility index (Phi) is 4.65. The van der Waals surface area contributed by atoms with Crippen molar-refractivity contribution in [2.45, 2.75) is 13.5 Å². The van der Waals surface area contributed by atoms with Crippen LogP contribution in [-0.4, -0.2) is 38.5 Å². The summed E-state index contributed by atoms with van der Waals surface area (Å²) in [6.07, 6.45) is 1.47. The molecule has 0 saturated carbocycles. The Morgan fingerprint density at radius 2 is 1.91 bits per heavy atom. The highest BCUT2D eigenvalue weighted by Gasteiger charge is 2.25. The molecule has 1 aliphatic rings. The second-order valence-corrected chi connectivity index (χ2v) is 8.34. The highest BCUT2D eigenvalue weighted by Crippen LogP contribution is 2.32. The monoisotopic (exact) mass is 451 g/mol. The lowest BCUT2D eigenvalue weighted by Crippen LogP contribution is -2.42. The highest BCUT2D eigenvalue weighted by atomic mass is 16.5. The van der Waals surface area contributed by atoms with Gasteiger partial charge in [-0.3, -0.25) is 9.59 Å². The van der Waals surface area contributed by atoms with Gasteiger partial charge in [0.1, 0.15) is 30.7 Å². The zero-order valence-corrected chi connectivity index (χ0v) is 18.5. The molecule has 2 aromatic heterocycles. The Hall–Kier alpha value is -4.46. The number of nitrogens with zero attached hydrogens (tertiary/aromatic N) is 5. The quantitative estimate of drug-likeness (QED) is 0.420. The van der Waals surface area contributed by atoms with E-state index in [0.717, 1.165) is 21.9 Å². The Morgan fingerprint density at radius 1 is 1.06 bits per heavy atom. The van der Waals surface area contributed by atoms with E-state index in [1.54, 1.807) is 11.0 Å². The molecule has 8 nitrogen and oxygen atoms in total. The molecule has 1 amide bonds. The Balaban J connectivity index is 1.35. The molecule has 0 spiro atoms. The number of carbonyl (C=O) groups excluding carboxylic acids is 1. The summed E-state index contributed by atoms with van der Waals surface area (Å²) in [5.74, 6) is 0.444. The van der Waals surface area contributed by atoms with Gasteiger partial charge >= 0.3 is 0 Å². The van der Waals surface area contributed by atoms with Crippen LogP contribution in [0.5, 0.6) is 5.75 Å². The molecule has 8 heteroatoms. The van der Waals surface area contributed by atoms with Crippen LogP contribution in [0.1, 0.15) is 5.56 Å². The van der Waals surface area contributed by atoms with Crippen LogP contribution < -0.4 is 15.2 Å². The number of anilines is 1.